The molecule has 2 rings (SSSR count). The van der Waals surface area contributed by atoms with E-state index >= 15 is 0 Å². The molecule has 0 aliphatic carbocycles. The van der Waals surface area contributed by atoms with E-state index in [9.17, 15) is 14.4 Å². The van der Waals surface area contributed by atoms with Crippen molar-refractivity contribution >= 4 is 18.2 Å². The van der Waals surface area contributed by atoms with E-state index in [0.29, 0.717) is 39.1 Å². The predicted molar refractivity (Wildman–Crippen MR) is 97.7 cm³/mol. The highest BCUT2D eigenvalue weighted by Gasteiger charge is 2.39. The van der Waals surface area contributed by atoms with Crippen molar-refractivity contribution in [2.24, 2.45) is 5.41 Å². The molecule has 1 aliphatic heterocycles. The summed E-state index contributed by atoms with van der Waals surface area (Å²) in [5, 5.41) is 2.86. The number of piperazine rings is 1. The Kier molecular flexibility index (Phi) is 6.60. The first kappa shape index (κ1) is 19.8. The zero-order valence-electron chi connectivity index (χ0n) is 15.7. The Labute approximate surface area is 154 Å². The van der Waals surface area contributed by atoms with Crippen molar-refractivity contribution in [1.29, 1.82) is 0 Å². The second-order valence-electron chi connectivity index (χ2n) is 6.91. The van der Waals surface area contributed by atoms with Crippen LogP contribution in [0.3, 0.4) is 0 Å². The number of hydrogen-bond donors (Lipinski definition) is 1. The Morgan fingerprint density at radius 1 is 1.15 bits per heavy atom. The number of nitrogens with one attached hydrogen (secondary N) is 1. The lowest BCUT2D eigenvalue weighted by Crippen LogP contribution is -2.55. The molecule has 7 heteroatoms. The van der Waals surface area contributed by atoms with Gasteiger partial charge in [-0.2, -0.15) is 0 Å². The normalized spacial score (nSPS) is 14.7. The van der Waals surface area contributed by atoms with Gasteiger partial charge < -0.3 is 19.9 Å². The molecule has 1 fully saturated rings. The Balaban J connectivity index is 1.84. The van der Waals surface area contributed by atoms with Crippen LogP contribution in [0.2, 0.25) is 0 Å². The molecule has 1 aromatic carbocycles. The van der Waals surface area contributed by atoms with E-state index < -0.39 is 5.41 Å². The predicted octanol–water partition coefficient (Wildman–Crippen LogP) is 0.681. The summed E-state index contributed by atoms with van der Waals surface area (Å²) in [5.41, 5.74) is -0.0521. The third-order valence-corrected chi connectivity index (χ3v) is 4.71. The van der Waals surface area contributed by atoms with E-state index in [-0.39, 0.29) is 11.8 Å². The van der Waals surface area contributed by atoms with Crippen LogP contribution in [0.4, 0.5) is 0 Å². The molecule has 0 atom stereocenters. The van der Waals surface area contributed by atoms with Crippen LogP contribution < -0.4 is 10.1 Å². The van der Waals surface area contributed by atoms with Gasteiger partial charge in [-0.25, -0.2) is 0 Å². The Bertz CT molecular complexity index is 635. The molecular formula is C19H27N3O4. The molecule has 0 unspecified atom stereocenters. The van der Waals surface area contributed by atoms with Gasteiger partial charge in [0.1, 0.15) is 11.2 Å². The number of methoxy groups -OCH3 is 1. The largest absolute Gasteiger partial charge is 0.497 e. The number of nitrogens with zero attached hydrogens (tertiary/aromatic N) is 2. The quantitative estimate of drug-likeness (QED) is 0.572. The van der Waals surface area contributed by atoms with Gasteiger partial charge in [0.15, 0.2) is 0 Å². The molecule has 0 aromatic heterocycles. The maximum atomic E-state index is 12.7. The summed E-state index contributed by atoms with van der Waals surface area (Å²) in [4.78, 5) is 39.3. The van der Waals surface area contributed by atoms with Crippen LogP contribution in [0.25, 0.3) is 0 Å². The molecule has 1 aliphatic rings. The molecule has 3 amide bonds. The minimum Gasteiger partial charge on any atom is -0.497 e. The summed E-state index contributed by atoms with van der Waals surface area (Å²) >= 11 is 0. The fraction of sp³-hybridized carbons (Fsp3) is 0.526. The first-order valence-corrected chi connectivity index (χ1v) is 8.78. The summed E-state index contributed by atoms with van der Waals surface area (Å²) in [5.74, 6) is 0.304. The van der Waals surface area contributed by atoms with Crippen molar-refractivity contribution < 1.29 is 19.1 Å². The average Bonchev–Trinajstić information content (AvgIpc) is 2.67. The third-order valence-electron chi connectivity index (χ3n) is 4.71. The molecule has 1 saturated heterocycles. The molecule has 26 heavy (non-hydrogen) atoms. The zero-order valence-corrected chi connectivity index (χ0v) is 15.7. The van der Waals surface area contributed by atoms with Crippen LogP contribution in [-0.2, 0) is 20.8 Å². The number of carbonyl (C=O) groups excluding carboxylic acids is 3. The van der Waals surface area contributed by atoms with Crippen LogP contribution in [0.5, 0.6) is 5.75 Å². The molecular weight excluding hydrogens is 334 g/mol. The topological polar surface area (TPSA) is 79.0 Å². The van der Waals surface area contributed by atoms with E-state index in [1.54, 1.807) is 30.8 Å². The van der Waals surface area contributed by atoms with Gasteiger partial charge in [-0.3, -0.25) is 14.4 Å². The maximum absolute atomic E-state index is 12.7. The SMILES string of the molecule is COc1ccc(CCNC(=O)C(C)(C)C(=O)N2CCN(C=O)CC2)cc1. The minimum absolute atomic E-state index is 0.204. The van der Waals surface area contributed by atoms with Crippen molar-refractivity contribution in [1.82, 2.24) is 15.1 Å². The standard InChI is InChI=1S/C19H27N3O4/c1-19(2,18(25)22-12-10-21(14-23)11-13-22)17(24)20-9-8-15-4-6-16(26-3)7-5-15/h4-7,14H,8-13H2,1-3H3,(H,20,24). The summed E-state index contributed by atoms with van der Waals surface area (Å²) in [6.07, 6.45) is 1.47. The van der Waals surface area contributed by atoms with Crippen LogP contribution >= 0.6 is 0 Å². The van der Waals surface area contributed by atoms with E-state index in [0.717, 1.165) is 17.7 Å². The fourth-order valence-electron chi connectivity index (χ4n) is 2.86. The molecule has 0 saturated carbocycles. The zero-order chi connectivity index (χ0) is 19.2. The van der Waals surface area contributed by atoms with Crippen LogP contribution in [0, 0.1) is 5.41 Å². The van der Waals surface area contributed by atoms with Gasteiger partial charge in [0, 0.05) is 32.7 Å². The highest BCUT2D eigenvalue weighted by atomic mass is 16.5. The lowest BCUT2D eigenvalue weighted by molar-refractivity contribution is -0.150. The summed E-state index contributed by atoms with van der Waals surface area (Å²) < 4.78 is 5.12. The van der Waals surface area contributed by atoms with Crippen molar-refractivity contribution in [2.75, 3.05) is 39.8 Å². The van der Waals surface area contributed by atoms with Crippen molar-refractivity contribution in [3.63, 3.8) is 0 Å². The van der Waals surface area contributed by atoms with E-state index in [1.807, 2.05) is 24.3 Å². The van der Waals surface area contributed by atoms with Gasteiger partial charge in [-0.1, -0.05) is 12.1 Å². The lowest BCUT2D eigenvalue weighted by Gasteiger charge is -2.36. The smallest absolute Gasteiger partial charge is 0.237 e. The number of carbonyl (C=O) groups is 3. The minimum atomic E-state index is -1.14. The highest BCUT2D eigenvalue weighted by Crippen LogP contribution is 2.20. The first-order valence-electron chi connectivity index (χ1n) is 8.78. The third kappa shape index (κ3) is 4.74. The van der Waals surface area contributed by atoms with E-state index in [1.165, 1.54) is 0 Å². The lowest BCUT2D eigenvalue weighted by atomic mass is 9.90. The second-order valence-corrected chi connectivity index (χ2v) is 6.91. The molecule has 142 valence electrons. The monoisotopic (exact) mass is 361 g/mol. The molecule has 0 spiro atoms. The van der Waals surface area contributed by atoms with Crippen molar-refractivity contribution in [3.05, 3.63) is 29.8 Å². The Hall–Kier alpha value is -2.57. The summed E-state index contributed by atoms with van der Waals surface area (Å²) in [6, 6.07) is 7.66. The molecule has 0 bridgehead atoms. The molecule has 1 N–H and O–H groups in total. The summed E-state index contributed by atoms with van der Waals surface area (Å²) in [6.45, 7) is 5.67. The van der Waals surface area contributed by atoms with Gasteiger partial charge in [0.05, 0.1) is 7.11 Å². The average molecular weight is 361 g/mol. The maximum Gasteiger partial charge on any atom is 0.237 e. The second kappa shape index (κ2) is 8.69. The number of benzene rings is 1. The van der Waals surface area contributed by atoms with Gasteiger partial charge >= 0.3 is 0 Å². The van der Waals surface area contributed by atoms with Crippen LogP contribution in [0.1, 0.15) is 19.4 Å². The molecule has 0 radical (unpaired) electrons. The number of amides is 3. The van der Waals surface area contributed by atoms with Crippen molar-refractivity contribution in [3.8, 4) is 5.75 Å². The van der Waals surface area contributed by atoms with E-state index in [4.69, 9.17) is 4.74 Å². The number of rotatable bonds is 7. The van der Waals surface area contributed by atoms with Gasteiger partial charge in [-0.05, 0) is 38.0 Å². The number of hydrogen-bond acceptors (Lipinski definition) is 4. The molecule has 7 nitrogen and oxygen atoms in total. The molecule has 1 heterocycles. The fourth-order valence-corrected chi connectivity index (χ4v) is 2.86. The van der Waals surface area contributed by atoms with Crippen molar-refractivity contribution in [2.45, 2.75) is 20.3 Å². The Morgan fingerprint density at radius 3 is 2.31 bits per heavy atom. The Morgan fingerprint density at radius 2 is 1.77 bits per heavy atom. The first-order chi connectivity index (χ1) is 12.4. The van der Waals surface area contributed by atoms with E-state index in [2.05, 4.69) is 5.32 Å². The van der Waals surface area contributed by atoms with Gasteiger partial charge in [0.2, 0.25) is 18.2 Å². The highest BCUT2D eigenvalue weighted by molar-refractivity contribution is 6.04. The molecule has 1 aromatic rings. The van der Waals surface area contributed by atoms with Gasteiger partial charge in [0.25, 0.3) is 0 Å². The van der Waals surface area contributed by atoms with Gasteiger partial charge in [-0.15, -0.1) is 0 Å². The van der Waals surface area contributed by atoms with Crippen LogP contribution in [-0.4, -0.2) is 67.9 Å². The number of ether oxygens (including phenoxy) is 1. The summed E-state index contributed by atoms with van der Waals surface area (Å²) in [7, 11) is 1.62. The van der Waals surface area contributed by atoms with Crippen LogP contribution in [0.15, 0.2) is 24.3 Å².